The van der Waals surface area contributed by atoms with Gasteiger partial charge in [0.25, 0.3) is 0 Å². The molecule has 0 rings (SSSR count). The molecule has 0 radical (unpaired) electrons. The molecule has 7 heteroatoms. The molecular formula is C4H10Cl3NO2Te. The first-order valence-corrected chi connectivity index (χ1v) is 12.4. The molecule has 0 aromatic heterocycles. The van der Waals surface area contributed by atoms with E-state index < -0.39 is 21.3 Å². The molecule has 3 N–H and O–H groups in total. The van der Waals surface area contributed by atoms with Crippen molar-refractivity contribution in [2.75, 3.05) is 0 Å². The Labute approximate surface area is 81.5 Å². The summed E-state index contributed by atoms with van der Waals surface area (Å²) in [6.45, 7) is 1.79. The molecule has 0 fully saturated rings. The van der Waals surface area contributed by atoms with Crippen LogP contribution in [-0.4, -0.2) is 27.6 Å². The van der Waals surface area contributed by atoms with Gasteiger partial charge in [0.15, 0.2) is 0 Å². The van der Waals surface area contributed by atoms with Crippen molar-refractivity contribution in [3.63, 3.8) is 0 Å². The molecular weight excluding hydrogens is 328 g/mol. The fourth-order valence-corrected chi connectivity index (χ4v) is 3.53. The van der Waals surface area contributed by atoms with E-state index in [2.05, 4.69) is 0 Å². The Hall–Kier alpha value is 1.25. The Morgan fingerprint density at radius 2 is 2.00 bits per heavy atom. The van der Waals surface area contributed by atoms with Crippen molar-refractivity contribution in [1.29, 1.82) is 0 Å². The third kappa shape index (κ3) is 9.16. The summed E-state index contributed by atoms with van der Waals surface area (Å²) >= 11 is -3.55. The fourth-order valence-electron chi connectivity index (χ4n) is 0.327. The molecule has 0 amide bonds. The molecule has 0 aliphatic rings. The smallest absolute Gasteiger partial charge is 0.344 e. The molecule has 1 atom stereocenters. The van der Waals surface area contributed by atoms with Crippen molar-refractivity contribution < 1.29 is 7.90 Å². The van der Waals surface area contributed by atoms with Gasteiger partial charge in [0.2, 0.25) is 0 Å². The minimum Gasteiger partial charge on any atom is -0.344 e. The Morgan fingerprint density at radius 1 is 1.55 bits per heavy atom. The monoisotopic (exact) mass is 339 g/mol. The number of hydrogen-bond donors (Lipinski definition) is 1. The summed E-state index contributed by atoms with van der Waals surface area (Å²) in [6.07, 6.45) is 0.644. The van der Waals surface area contributed by atoms with E-state index in [0.717, 1.165) is 0 Å². The standard InChI is InChI=1S/C4H7Cl3O2Te.H3N/c1-2-4(3-8)9-10(5,6)7;/h3-4H,2H2,1H3;1H3. The SMILES string of the molecule is CCC(C=O)O[Te](Cl)(Cl)Cl.N. The molecule has 0 aliphatic heterocycles. The van der Waals surface area contributed by atoms with E-state index in [1.165, 1.54) is 0 Å². The van der Waals surface area contributed by atoms with Crippen LogP contribution in [0.15, 0.2) is 0 Å². The van der Waals surface area contributed by atoms with E-state index in [0.29, 0.717) is 12.7 Å². The van der Waals surface area contributed by atoms with Crippen LogP contribution in [0.2, 0.25) is 0 Å². The van der Waals surface area contributed by atoms with E-state index in [9.17, 15) is 4.79 Å². The first-order valence-electron chi connectivity index (χ1n) is 2.55. The molecule has 0 aromatic rings. The van der Waals surface area contributed by atoms with E-state index in [1.807, 2.05) is 0 Å². The number of aldehydes is 1. The summed E-state index contributed by atoms with van der Waals surface area (Å²) in [4.78, 5) is 10.1. The Kier molecular flexibility index (Phi) is 9.03. The van der Waals surface area contributed by atoms with Crippen molar-refractivity contribution in [3.8, 4) is 0 Å². The second kappa shape index (κ2) is 6.73. The molecule has 0 heterocycles. The minimum atomic E-state index is -3.55. The van der Waals surface area contributed by atoms with Crippen LogP contribution in [0, 0.1) is 0 Å². The van der Waals surface area contributed by atoms with Gasteiger partial charge in [-0.15, -0.1) is 0 Å². The Bertz CT molecular complexity index is 118. The molecule has 0 spiro atoms. The molecule has 0 saturated heterocycles. The summed E-state index contributed by atoms with van der Waals surface area (Å²) in [5.41, 5.74) is 0. The van der Waals surface area contributed by atoms with Gasteiger partial charge in [0.05, 0.1) is 0 Å². The predicted octanol–water partition coefficient (Wildman–Crippen LogP) is 2.29. The zero-order chi connectivity index (χ0) is 8.20. The number of halogens is 3. The average molecular weight is 338 g/mol. The van der Waals surface area contributed by atoms with Gasteiger partial charge in [-0.05, 0) is 0 Å². The van der Waals surface area contributed by atoms with Crippen molar-refractivity contribution in [3.05, 3.63) is 0 Å². The number of hydrogen-bond acceptors (Lipinski definition) is 3. The maximum atomic E-state index is 10.1. The van der Waals surface area contributed by atoms with Gasteiger partial charge in [-0.25, -0.2) is 0 Å². The molecule has 3 nitrogen and oxygen atoms in total. The zero-order valence-electron chi connectivity index (χ0n) is 5.93. The summed E-state index contributed by atoms with van der Waals surface area (Å²) < 4.78 is 4.85. The van der Waals surface area contributed by atoms with E-state index in [1.54, 1.807) is 6.92 Å². The maximum Gasteiger partial charge on any atom is -0.344 e. The van der Waals surface area contributed by atoms with Crippen LogP contribution in [0.1, 0.15) is 13.3 Å². The molecule has 11 heavy (non-hydrogen) atoms. The van der Waals surface area contributed by atoms with Gasteiger partial charge in [-0.2, -0.15) is 0 Å². The van der Waals surface area contributed by atoms with Crippen LogP contribution in [0.4, 0.5) is 0 Å². The number of carbonyl (C=O) groups is 1. The van der Waals surface area contributed by atoms with Crippen molar-refractivity contribution in [2.24, 2.45) is 0 Å². The second-order valence-corrected chi connectivity index (χ2v) is 16.1. The van der Waals surface area contributed by atoms with Crippen LogP contribution in [0.5, 0.6) is 0 Å². The topological polar surface area (TPSA) is 61.3 Å². The molecule has 0 aliphatic carbocycles. The van der Waals surface area contributed by atoms with Gasteiger partial charge < -0.3 is 6.15 Å². The van der Waals surface area contributed by atoms with Gasteiger partial charge in [0.1, 0.15) is 0 Å². The largest absolute Gasteiger partial charge is 0.344 e. The third-order valence-electron chi connectivity index (χ3n) is 0.787. The predicted molar refractivity (Wildman–Crippen MR) is 49.6 cm³/mol. The van der Waals surface area contributed by atoms with Crippen LogP contribution >= 0.6 is 26.9 Å². The Morgan fingerprint density at radius 3 is 2.09 bits per heavy atom. The molecule has 0 aromatic carbocycles. The summed E-state index contributed by atoms with van der Waals surface area (Å²) in [5, 5.41) is 0. The van der Waals surface area contributed by atoms with Crippen LogP contribution in [-0.2, 0) is 7.90 Å². The number of carbonyl (C=O) groups excluding carboxylic acids is 1. The van der Waals surface area contributed by atoms with Crippen molar-refractivity contribution in [1.82, 2.24) is 6.15 Å². The van der Waals surface area contributed by atoms with Crippen LogP contribution < -0.4 is 6.15 Å². The third-order valence-corrected chi connectivity index (χ3v) is 3.58. The van der Waals surface area contributed by atoms with E-state index >= 15 is 0 Å². The fraction of sp³-hybridized carbons (Fsp3) is 0.750. The van der Waals surface area contributed by atoms with Crippen LogP contribution in [0.3, 0.4) is 0 Å². The quantitative estimate of drug-likeness (QED) is 0.632. The van der Waals surface area contributed by atoms with Gasteiger partial charge in [-0.3, -0.25) is 0 Å². The van der Waals surface area contributed by atoms with Gasteiger partial charge in [-0.1, -0.05) is 0 Å². The zero-order valence-corrected chi connectivity index (χ0v) is 10.5. The first kappa shape index (κ1) is 14.8. The maximum absolute atomic E-state index is 10.1. The van der Waals surface area contributed by atoms with Crippen LogP contribution in [0.25, 0.3) is 0 Å². The van der Waals surface area contributed by atoms with E-state index in [-0.39, 0.29) is 6.15 Å². The summed E-state index contributed by atoms with van der Waals surface area (Å²) in [7, 11) is 16.3. The number of rotatable bonds is 4. The first-order chi connectivity index (χ1) is 4.49. The molecule has 70 valence electrons. The minimum absolute atomic E-state index is 0. The second-order valence-electron chi connectivity index (χ2n) is 1.54. The van der Waals surface area contributed by atoms with E-state index in [4.69, 9.17) is 30.0 Å². The normalized spacial score (nSPS) is 14.9. The molecule has 1 unspecified atom stereocenters. The average Bonchev–Trinajstić information content (AvgIpc) is 1.81. The van der Waals surface area contributed by atoms with Crippen molar-refractivity contribution >= 4 is 48.4 Å². The molecule has 0 saturated carbocycles. The van der Waals surface area contributed by atoms with Crippen molar-refractivity contribution in [2.45, 2.75) is 19.4 Å². The summed E-state index contributed by atoms with van der Waals surface area (Å²) in [5.74, 6) is 0. The van der Waals surface area contributed by atoms with Gasteiger partial charge in [0, 0.05) is 0 Å². The Balaban J connectivity index is 0. The molecule has 0 bridgehead atoms. The van der Waals surface area contributed by atoms with Gasteiger partial charge >= 0.3 is 75.8 Å². The summed E-state index contributed by atoms with van der Waals surface area (Å²) in [6, 6.07) is 0.